The summed E-state index contributed by atoms with van der Waals surface area (Å²) in [5.74, 6) is -2.84. The van der Waals surface area contributed by atoms with E-state index in [0.29, 0.717) is 12.0 Å². The molecule has 47 heavy (non-hydrogen) atoms. The lowest BCUT2D eigenvalue weighted by Gasteiger charge is -2.32. The fourth-order valence-electron chi connectivity index (χ4n) is 5.45. The second kappa shape index (κ2) is 18.7. The lowest BCUT2D eigenvalue weighted by molar-refractivity contribution is -0.160. The van der Waals surface area contributed by atoms with Gasteiger partial charge in [-0.25, -0.2) is 4.79 Å². The van der Waals surface area contributed by atoms with Crippen molar-refractivity contribution in [3.8, 4) is 0 Å². The van der Waals surface area contributed by atoms with Gasteiger partial charge in [-0.15, -0.1) is 6.58 Å². The van der Waals surface area contributed by atoms with Gasteiger partial charge in [0.2, 0.25) is 11.6 Å². The smallest absolute Gasteiger partial charge is 0.405 e. The number of hydrogen-bond donors (Lipinski definition) is 4. The first kappa shape index (κ1) is 38.9. The number of nitrogens with two attached hydrogens (primary N) is 2. The van der Waals surface area contributed by atoms with Crippen LogP contribution in [0.25, 0.3) is 0 Å². The lowest BCUT2D eigenvalue weighted by atomic mass is 9.85. The number of allylic oxidation sites excluding steroid dienone is 4. The van der Waals surface area contributed by atoms with Gasteiger partial charge in [0.1, 0.15) is 12.2 Å². The van der Waals surface area contributed by atoms with Gasteiger partial charge in [0.05, 0.1) is 23.9 Å². The minimum absolute atomic E-state index is 0.0164. The Labute approximate surface area is 276 Å². The van der Waals surface area contributed by atoms with E-state index in [-0.39, 0.29) is 54.4 Å². The molecule has 1 heterocycles. The number of carbonyl (C=O) groups is 5. The van der Waals surface area contributed by atoms with Crippen LogP contribution >= 0.6 is 0 Å². The number of amides is 2. The van der Waals surface area contributed by atoms with E-state index >= 15 is 0 Å². The zero-order chi connectivity index (χ0) is 35.3. The summed E-state index contributed by atoms with van der Waals surface area (Å²) in [6, 6.07) is 0. The van der Waals surface area contributed by atoms with Crippen LogP contribution in [0.4, 0.5) is 4.79 Å². The van der Waals surface area contributed by atoms with Crippen molar-refractivity contribution in [2.45, 2.75) is 71.4 Å². The first-order valence-corrected chi connectivity index (χ1v) is 15.4. The van der Waals surface area contributed by atoms with Crippen molar-refractivity contribution in [3.63, 3.8) is 0 Å². The Morgan fingerprint density at radius 3 is 2.43 bits per heavy atom. The number of hydrogen-bond acceptors (Lipinski definition) is 11. The lowest BCUT2D eigenvalue weighted by Crippen LogP contribution is -2.40. The molecule has 0 fully saturated rings. The highest BCUT2D eigenvalue weighted by Crippen LogP contribution is 2.30. The van der Waals surface area contributed by atoms with Gasteiger partial charge in [-0.1, -0.05) is 44.2 Å². The number of rotatable bonds is 9. The number of Topliss-reactive ketones (excluding diaryl/α,β-unsaturated/α-hetero) is 1. The van der Waals surface area contributed by atoms with E-state index in [1.165, 1.54) is 33.3 Å². The van der Waals surface area contributed by atoms with Gasteiger partial charge in [-0.3, -0.25) is 19.2 Å². The predicted octanol–water partition coefficient (Wildman–Crippen LogP) is 2.44. The summed E-state index contributed by atoms with van der Waals surface area (Å²) in [6.45, 7) is 11.0. The molecule has 2 amide bonds. The molecule has 6 N–H and O–H groups in total. The van der Waals surface area contributed by atoms with Crippen LogP contribution in [0.15, 0.2) is 71.1 Å². The Bertz CT molecular complexity index is 1360. The Kier molecular flexibility index (Phi) is 15.5. The van der Waals surface area contributed by atoms with Gasteiger partial charge in [0, 0.05) is 50.4 Å². The molecule has 2 bridgehead atoms. The summed E-state index contributed by atoms with van der Waals surface area (Å²) < 4.78 is 22.8. The van der Waals surface area contributed by atoms with Crippen molar-refractivity contribution < 1.29 is 42.9 Å². The van der Waals surface area contributed by atoms with Crippen molar-refractivity contribution in [2.75, 3.05) is 27.3 Å². The van der Waals surface area contributed by atoms with E-state index in [2.05, 4.69) is 17.2 Å². The van der Waals surface area contributed by atoms with Crippen molar-refractivity contribution in [1.29, 1.82) is 0 Å². The molecule has 0 spiro atoms. The van der Waals surface area contributed by atoms with Crippen molar-refractivity contribution in [3.05, 3.63) is 71.1 Å². The molecule has 2 rings (SSSR count). The molecule has 0 aromatic rings. The summed E-state index contributed by atoms with van der Waals surface area (Å²) in [5, 5.41) is 5.54. The number of esters is 1. The van der Waals surface area contributed by atoms with Crippen molar-refractivity contribution in [1.82, 2.24) is 10.6 Å². The number of ether oxygens (including phenoxy) is 4. The third kappa shape index (κ3) is 11.2. The second-order valence-corrected chi connectivity index (χ2v) is 11.6. The molecule has 6 atom stereocenters. The molecule has 1 aliphatic heterocycles. The fraction of sp³-hybridized carbons (Fsp3) is 0.500. The van der Waals surface area contributed by atoms with Gasteiger partial charge in [0.15, 0.2) is 6.10 Å². The zero-order valence-electron chi connectivity index (χ0n) is 28.0. The minimum atomic E-state index is -1.03. The molecular weight excluding hydrogens is 608 g/mol. The first-order chi connectivity index (χ1) is 22.3. The number of carbonyl (C=O) groups excluding carboxylic acids is 5. The molecule has 13 heteroatoms. The molecule has 0 radical (unpaired) electrons. The predicted molar refractivity (Wildman–Crippen MR) is 175 cm³/mol. The highest BCUT2D eigenvalue weighted by atomic mass is 16.6. The number of primary amides is 1. The first-order valence-electron chi connectivity index (χ1n) is 15.4. The SMILES string of the molecule is C=CCNC1=C2C[C@@H](C)C[C@@H](OC)[C@H](OC(=O)CCN)[C@H](C)/C=C(\C)[C@@H](OC(N)=O)[C@@H](OC)/C=C\C=C(/C)C(=O)NC(=CC1=O)C2=O. The van der Waals surface area contributed by atoms with E-state index < -0.39 is 59.9 Å². The van der Waals surface area contributed by atoms with E-state index in [1.807, 2.05) is 13.8 Å². The fourth-order valence-corrected chi connectivity index (χ4v) is 5.45. The summed E-state index contributed by atoms with van der Waals surface area (Å²) in [6.07, 6.45) is 5.17. The van der Waals surface area contributed by atoms with Crippen LogP contribution in [-0.2, 0) is 38.1 Å². The molecule has 0 aromatic carbocycles. The Morgan fingerprint density at radius 1 is 1.13 bits per heavy atom. The average Bonchev–Trinajstić information content (AvgIpc) is 3.01. The van der Waals surface area contributed by atoms with E-state index in [0.717, 1.165) is 6.08 Å². The normalized spacial score (nSPS) is 29.3. The highest BCUT2D eigenvalue weighted by molar-refractivity contribution is 6.23. The van der Waals surface area contributed by atoms with E-state index in [9.17, 15) is 24.0 Å². The summed E-state index contributed by atoms with van der Waals surface area (Å²) >= 11 is 0. The molecule has 2 aliphatic rings. The molecule has 0 saturated heterocycles. The van der Waals surface area contributed by atoms with Crippen LogP contribution in [-0.4, -0.2) is 81.3 Å². The molecule has 13 nitrogen and oxygen atoms in total. The standard InChI is InChI=1S/C34H48N4O9/c1-8-14-37-29-23-15-19(2)16-27(45-7)32(46-28(40)12-13-35)22(5)17-21(4)31(47-34(36)43)26(44-6)11-9-10-20(3)33(42)38-24(30(23)41)18-25(29)39/h8-11,17-19,22,26-27,31-32,37H,1,12-16,35H2,2-7H3,(H2,36,43)(H,38,42)/b11-9-,20-10+,21-17+/t19-,22-,26+,27-,31-,32-/m1/s1. The van der Waals surface area contributed by atoms with Crippen LogP contribution in [0.5, 0.6) is 0 Å². The molecule has 0 saturated carbocycles. The van der Waals surface area contributed by atoms with E-state index in [4.69, 9.17) is 30.4 Å². The summed E-state index contributed by atoms with van der Waals surface area (Å²) in [7, 11) is 2.91. The Morgan fingerprint density at radius 2 is 1.83 bits per heavy atom. The van der Waals surface area contributed by atoms with Gasteiger partial charge in [0.25, 0.3) is 5.91 Å². The summed E-state index contributed by atoms with van der Waals surface area (Å²) in [4.78, 5) is 64.6. The third-order valence-corrected chi connectivity index (χ3v) is 7.80. The molecule has 0 unspecified atom stereocenters. The van der Waals surface area contributed by atoms with Crippen LogP contribution in [0, 0.1) is 11.8 Å². The maximum absolute atomic E-state index is 13.7. The number of fused-ring (bicyclic) bond motifs is 2. The molecular formula is C34H48N4O9. The van der Waals surface area contributed by atoms with Gasteiger partial charge < -0.3 is 41.0 Å². The Balaban J connectivity index is 2.74. The molecule has 0 aromatic heterocycles. The van der Waals surface area contributed by atoms with Crippen LogP contribution in [0.1, 0.15) is 47.0 Å². The van der Waals surface area contributed by atoms with Gasteiger partial charge >= 0.3 is 12.1 Å². The topological polar surface area (TPSA) is 198 Å². The largest absolute Gasteiger partial charge is 0.459 e. The second-order valence-electron chi connectivity index (χ2n) is 11.6. The number of methoxy groups -OCH3 is 2. The molecule has 258 valence electrons. The van der Waals surface area contributed by atoms with Crippen LogP contribution in [0.3, 0.4) is 0 Å². The molecule has 1 aliphatic carbocycles. The van der Waals surface area contributed by atoms with Gasteiger partial charge in [-0.2, -0.15) is 0 Å². The van der Waals surface area contributed by atoms with Crippen LogP contribution < -0.4 is 22.1 Å². The summed E-state index contributed by atoms with van der Waals surface area (Å²) in [5.41, 5.74) is 12.0. The third-order valence-electron chi connectivity index (χ3n) is 7.80. The van der Waals surface area contributed by atoms with Gasteiger partial charge in [-0.05, 0) is 38.2 Å². The monoisotopic (exact) mass is 656 g/mol. The average molecular weight is 657 g/mol. The van der Waals surface area contributed by atoms with E-state index in [1.54, 1.807) is 25.2 Å². The Hall–Kier alpha value is -4.33. The quantitative estimate of drug-likeness (QED) is 0.162. The zero-order valence-corrected chi connectivity index (χ0v) is 28.0. The van der Waals surface area contributed by atoms with Crippen molar-refractivity contribution in [2.24, 2.45) is 23.3 Å². The maximum atomic E-state index is 13.7. The highest BCUT2D eigenvalue weighted by Gasteiger charge is 2.35. The number of nitrogens with one attached hydrogen (secondary N) is 2. The minimum Gasteiger partial charge on any atom is -0.459 e. The van der Waals surface area contributed by atoms with Crippen LogP contribution in [0.2, 0.25) is 0 Å². The van der Waals surface area contributed by atoms with Crippen molar-refractivity contribution >= 4 is 29.5 Å². The number of ketones is 2. The maximum Gasteiger partial charge on any atom is 0.405 e.